The summed E-state index contributed by atoms with van der Waals surface area (Å²) < 4.78 is 0. The van der Waals surface area contributed by atoms with Crippen molar-refractivity contribution in [2.75, 3.05) is 5.32 Å². The first kappa shape index (κ1) is 14.5. The zero-order valence-electron chi connectivity index (χ0n) is 12.6. The van der Waals surface area contributed by atoms with Gasteiger partial charge < -0.3 is 5.32 Å². The first-order chi connectivity index (χ1) is 9.67. The SMILES string of the molecule is CCc1cc(NC(C)CCc2ccccc2)nc(C)n1. The van der Waals surface area contributed by atoms with Gasteiger partial charge >= 0.3 is 0 Å². The van der Waals surface area contributed by atoms with Gasteiger partial charge in [-0.3, -0.25) is 0 Å². The van der Waals surface area contributed by atoms with Crippen LogP contribution in [0.1, 0.15) is 37.4 Å². The summed E-state index contributed by atoms with van der Waals surface area (Å²) in [5.74, 6) is 1.78. The number of hydrogen-bond donors (Lipinski definition) is 1. The Morgan fingerprint density at radius 3 is 2.60 bits per heavy atom. The Labute approximate surface area is 121 Å². The summed E-state index contributed by atoms with van der Waals surface area (Å²) in [6.45, 7) is 6.26. The van der Waals surface area contributed by atoms with Gasteiger partial charge in [0.2, 0.25) is 0 Å². The Morgan fingerprint density at radius 1 is 1.15 bits per heavy atom. The van der Waals surface area contributed by atoms with E-state index in [9.17, 15) is 0 Å². The summed E-state index contributed by atoms with van der Waals surface area (Å²) in [6, 6.07) is 13.0. The monoisotopic (exact) mass is 269 g/mol. The van der Waals surface area contributed by atoms with E-state index in [-0.39, 0.29) is 0 Å². The second-order valence-corrected chi connectivity index (χ2v) is 5.21. The lowest BCUT2D eigenvalue weighted by atomic mass is 10.1. The molecule has 1 aromatic carbocycles. The van der Waals surface area contributed by atoms with Gasteiger partial charge in [0.1, 0.15) is 11.6 Å². The van der Waals surface area contributed by atoms with Crippen LogP contribution in [0.5, 0.6) is 0 Å². The maximum atomic E-state index is 4.45. The maximum Gasteiger partial charge on any atom is 0.130 e. The predicted molar refractivity (Wildman–Crippen MR) is 84.0 cm³/mol. The van der Waals surface area contributed by atoms with Crippen molar-refractivity contribution in [2.45, 2.75) is 46.1 Å². The molecular formula is C17H23N3. The number of nitrogens with one attached hydrogen (secondary N) is 1. The molecule has 0 fully saturated rings. The van der Waals surface area contributed by atoms with Gasteiger partial charge in [-0.15, -0.1) is 0 Å². The quantitative estimate of drug-likeness (QED) is 0.867. The Balaban J connectivity index is 1.91. The van der Waals surface area contributed by atoms with Crippen molar-refractivity contribution in [1.82, 2.24) is 9.97 Å². The highest BCUT2D eigenvalue weighted by atomic mass is 15.0. The summed E-state index contributed by atoms with van der Waals surface area (Å²) in [5, 5.41) is 3.48. The highest BCUT2D eigenvalue weighted by molar-refractivity contribution is 5.37. The van der Waals surface area contributed by atoms with E-state index in [1.165, 1.54) is 5.56 Å². The zero-order chi connectivity index (χ0) is 14.4. The molecule has 1 atom stereocenters. The molecule has 0 radical (unpaired) electrons. The van der Waals surface area contributed by atoms with Gasteiger partial charge in [-0.05, 0) is 38.7 Å². The first-order valence-corrected chi connectivity index (χ1v) is 7.32. The minimum Gasteiger partial charge on any atom is -0.367 e. The molecule has 1 aromatic heterocycles. The van der Waals surface area contributed by atoms with Crippen molar-refractivity contribution in [3.05, 3.63) is 53.5 Å². The summed E-state index contributed by atoms with van der Waals surface area (Å²) in [7, 11) is 0. The Bertz CT molecular complexity index is 537. The van der Waals surface area contributed by atoms with Crippen LogP contribution in [-0.2, 0) is 12.8 Å². The minimum atomic E-state index is 0.397. The summed E-state index contributed by atoms with van der Waals surface area (Å²) in [5.41, 5.74) is 2.48. The number of hydrogen-bond acceptors (Lipinski definition) is 3. The van der Waals surface area contributed by atoms with E-state index in [0.29, 0.717) is 6.04 Å². The molecule has 0 bridgehead atoms. The fourth-order valence-corrected chi connectivity index (χ4v) is 2.24. The third-order valence-corrected chi connectivity index (χ3v) is 3.36. The third-order valence-electron chi connectivity index (χ3n) is 3.36. The number of benzene rings is 1. The van der Waals surface area contributed by atoms with Gasteiger partial charge in [0, 0.05) is 17.8 Å². The molecule has 3 heteroatoms. The van der Waals surface area contributed by atoms with Gasteiger partial charge in [-0.2, -0.15) is 0 Å². The molecule has 106 valence electrons. The van der Waals surface area contributed by atoms with Crippen molar-refractivity contribution in [2.24, 2.45) is 0 Å². The Hall–Kier alpha value is -1.90. The van der Waals surface area contributed by atoms with Crippen molar-refractivity contribution in [1.29, 1.82) is 0 Å². The number of aromatic nitrogens is 2. The average molecular weight is 269 g/mol. The topological polar surface area (TPSA) is 37.8 Å². The van der Waals surface area contributed by atoms with E-state index in [2.05, 4.69) is 59.5 Å². The molecule has 2 rings (SSSR count). The fourth-order valence-electron chi connectivity index (χ4n) is 2.24. The summed E-state index contributed by atoms with van der Waals surface area (Å²) in [6.07, 6.45) is 3.12. The number of aryl methyl sites for hydroxylation is 3. The van der Waals surface area contributed by atoms with E-state index < -0.39 is 0 Å². The largest absolute Gasteiger partial charge is 0.367 e. The molecule has 20 heavy (non-hydrogen) atoms. The average Bonchev–Trinajstić information content (AvgIpc) is 2.45. The molecule has 2 aromatic rings. The van der Waals surface area contributed by atoms with E-state index in [0.717, 1.165) is 36.6 Å². The number of rotatable bonds is 6. The smallest absolute Gasteiger partial charge is 0.130 e. The second-order valence-electron chi connectivity index (χ2n) is 5.21. The lowest BCUT2D eigenvalue weighted by Gasteiger charge is -2.15. The molecule has 0 aliphatic carbocycles. The highest BCUT2D eigenvalue weighted by Crippen LogP contribution is 2.12. The number of nitrogens with zero attached hydrogens (tertiary/aromatic N) is 2. The summed E-state index contributed by atoms with van der Waals surface area (Å²) in [4.78, 5) is 8.86. The van der Waals surface area contributed by atoms with E-state index >= 15 is 0 Å². The number of anilines is 1. The van der Waals surface area contributed by atoms with Crippen LogP contribution in [0.25, 0.3) is 0 Å². The molecule has 1 heterocycles. The van der Waals surface area contributed by atoms with Crippen LogP contribution in [0.3, 0.4) is 0 Å². The van der Waals surface area contributed by atoms with Crippen molar-refractivity contribution < 1.29 is 0 Å². The van der Waals surface area contributed by atoms with Gasteiger partial charge in [0.05, 0.1) is 0 Å². The minimum absolute atomic E-state index is 0.397. The first-order valence-electron chi connectivity index (χ1n) is 7.32. The fraction of sp³-hybridized carbons (Fsp3) is 0.412. The van der Waals surface area contributed by atoms with Gasteiger partial charge in [0.25, 0.3) is 0 Å². The van der Waals surface area contributed by atoms with E-state index in [1.807, 2.05) is 13.0 Å². The molecule has 1 N–H and O–H groups in total. The zero-order valence-corrected chi connectivity index (χ0v) is 12.6. The maximum absolute atomic E-state index is 4.45. The molecular weight excluding hydrogens is 246 g/mol. The van der Waals surface area contributed by atoms with Crippen LogP contribution in [0, 0.1) is 6.92 Å². The van der Waals surface area contributed by atoms with Gasteiger partial charge in [-0.25, -0.2) is 9.97 Å². The van der Waals surface area contributed by atoms with Crippen molar-refractivity contribution >= 4 is 5.82 Å². The van der Waals surface area contributed by atoms with Crippen LogP contribution >= 0.6 is 0 Å². The lowest BCUT2D eigenvalue weighted by molar-refractivity contribution is 0.701. The Kier molecular flexibility index (Phi) is 5.10. The standard InChI is InChI=1S/C17H23N3/c1-4-16-12-17(20-14(3)19-16)18-13(2)10-11-15-8-6-5-7-9-15/h5-9,12-13H,4,10-11H2,1-3H3,(H,18,19,20). The molecule has 0 saturated carbocycles. The molecule has 0 amide bonds. The van der Waals surface area contributed by atoms with Crippen LogP contribution in [0.2, 0.25) is 0 Å². The van der Waals surface area contributed by atoms with E-state index in [1.54, 1.807) is 0 Å². The molecule has 0 spiro atoms. The molecule has 1 unspecified atom stereocenters. The predicted octanol–water partition coefficient (Wildman–Crippen LogP) is 3.78. The second kappa shape index (κ2) is 7.04. The van der Waals surface area contributed by atoms with Gasteiger partial charge in [-0.1, -0.05) is 37.3 Å². The van der Waals surface area contributed by atoms with Crippen LogP contribution < -0.4 is 5.32 Å². The molecule has 0 saturated heterocycles. The van der Waals surface area contributed by atoms with Crippen LogP contribution in [-0.4, -0.2) is 16.0 Å². The summed E-state index contributed by atoms with van der Waals surface area (Å²) >= 11 is 0. The molecule has 0 aliphatic heterocycles. The third kappa shape index (κ3) is 4.34. The van der Waals surface area contributed by atoms with Gasteiger partial charge in [0.15, 0.2) is 0 Å². The van der Waals surface area contributed by atoms with Crippen LogP contribution in [0.15, 0.2) is 36.4 Å². The van der Waals surface area contributed by atoms with Crippen molar-refractivity contribution in [3.8, 4) is 0 Å². The normalized spacial score (nSPS) is 12.2. The van der Waals surface area contributed by atoms with Crippen molar-refractivity contribution in [3.63, 3.8) is 0 Å². The highest BCUT2D eigenvalue weighted by Gasteiger charge is 2.06. The molecule has 3 nitrogen and oxygen atoms in total. The van der Waals surface area contributed by atoms with E-state index in [4.69, 9.17) is 0 Å². The Morgan fingerprint density at radius 2 is 1.90 bits per heavy atom. The lowest BCUT2D eigenvalue weighted by Crippen LogP contribution is -2.17. The van der Waals surface area contributed by atoms with Crippen LogP contribution in [0.4, 0.5) is 5.82 Å². The molecule has 0 aliphatic rings.